The smallest absolute Gasteiger partial charge is 0.438 e. The molecule has 4 bridgehead atoms. The molecule has 1 N–H and O–H groups in total. The standard InChI is InChI=1S/C13H20O4/c1-16-11(15)17-13-5-9-2-10(6-13)4-12(3-9,7-13)8-14/h9-10,14H,2-8H2,1H3. The maximum Gasteiger partial charge on any atom is 0.508 e. The lowest BCUT2D eigenvalue weighted by Crippen LogP contribution is -2.58. The summed E-state index contributed by atoms with van der Waals surface area (Å²) in [5, 5.41) is 9.67. The molecule has 4 fully saturated rings. The van der Waals surface area contributed by atoms with Crippen LogP contribution in [0.2, 0.25) is 0 Å². The van der Waals surface area contributed by atoms with Crippen molar-refractivity contribution in [2.24, 2.45) is 17.3 Å². The molecule has 4 rings (SSSR count). The molecule has 0 aromatic rings. The maximum atomic E-state index is 11.4. The van der Waals surface area contributed by atoms with Gasteiger partial charge in [-0.15, -0.1) is 0 Å². The van der Waals surface area contributed by atoms with Crippen molar-refractivity contribution in [2.45, 2.75) is 44.1 Å². The molecule has 4 saturated carbocycles. The van der Waals surface area contributed by atoms with Gasteiger partial charge in [0.25, 0.3) is 0 Å². The second kappa shape index (κ2) is 3.61. The number of carbonyl (C=O) groups is 1. The van der Waals surface area contributed by atoms with Gasteiger partial charge in [-0.25, -0.2) is 4.79 Å². The molecular formula is C13H20O4. The number of methoxy groups -OCH3 is 1. The number of carbonyl (C=O) groups excluding carboxylic acids is 1. The Labute approximate surface area is 101 Å². The van der Waals surface area contributed by atoms with Crippen molar-refractivity contribution >= 4 is 6.16 Å². The first-order valence-electron chi connectivity index (χ1n) is 6.47. The van der Waals surface area contributed by atoms with Gasteiger partial charge in [0.05, 0.1) is 7.11 Å². The number of hydrogen-bond acceptors (Lipinski definition) is 4. The summed E-state index contributed by atoms with van der Waals surface area (Å²) in [5.41, 5.74) is -0.335. The van der Waals surface area contributed by atoms with Crippen LogP contribution in [0.1, 0.15) is 38.5 Å². The minimum Gasteiger partial charge on any atom is -0.438 e. The van der Waals surface area contributed by atoms with Crippen LogP contribution >= 0.6 is 0 Å². The molecule has 96 valence electrons. The summed E-state index contributed by atoms with van der Waals surface area (Å²) in [6.45, 7) is 0.228. The minimum atomic E-state index is -0.569. The summed E-state index contributed by atoms with van der Waals surface area (Å²) in [7, 11) is 1.35. The van der Waals surface area contributed by atoms with E-state index in [1.165, 1.54) is 13.5 Å². The van der Waals surface area contributed by atoms with Gasteiger partial charge < -0.3 is 14.6 Å². The molecule has 4 nitrogen and oxygen atoms in total. The van der Waals surface area contributed by atoms with Gasteiger partial charge in [0, 0.05) is 6.61 Å². The third kappa shape index (κ3) is 1.73. The van der Waals surface area contributed by atoms with Gasteiger partial charge in [-0.1, -0.05) is 0 Å². The quantitative estimate of drug-likeness (QED) is 0.751. The van der Waals surface area contributed by atoms with E-state index < -0.39 is 6.16 Å². The van der Waals surface area contributed by atoms with Crippen LogP contribution < -0.4 is 0 Å². The molecule has 2 unspecified atom stereocenters. The number of hydrogen-bond donors (Lipinski definition) is 1. The molecule has 0 amide bonds. The van der Waals surface area contributed by atoms with Crippen LogP contribution in [0.4, 0.5) is 4.79 Å². The van der Waals surface area contributed by atoms with E-state index in [2.05, 4.69) is 4.74 Å². The molecule has 0 saturated heterocycles. The summed E-state index contributed by atoms with van der Waals surface area (Å²) in [6, 6.07) is 0. The second-order valence-electron chi connectivity index (χ2n) is 6.36. The summed E-state index contributed by atoms with van der Waals surface area (Å²) >= 11 is 0. The maximum absolute atomic E-state index is 11.4. The van der Waals surface area contributed by atoms with E-state index in [1.54, 1.807) is 0 Å². The number of aliphatic hydroxyl groups is 1. The normalized spacial score (nSPS) is 46.9. The summed E-state index contributed by atoms with van der Waals surface area (Å²) in [6.07, 6.45) is 5.62. The third-order valence-corrected chi connectivity index (χ3v) is 4.93. The van der Waals surface area contributed by atoms with E-state index >= 15 is 0 Å². The molecule has 4 aliphatic carbocycles. The highest BCUT2D eigenvalue weighted by atomic mass is 16.7. The second-order valence-corrected chi connectivity index (χ2v) is 6.36. The van der Waals surface area contributed by atoms with E-state index in [9.17, 15) is 9.90 Å². The Morgan fingerprint density at radius 2 is 1.94 bits per heavy atom. The topological polar surface area (TPSA) is 55.8 Å². The number of rotatable bonds is 2. The van der Waals surface area contributed by atoms with Crippen LogP contribution in [0.25, 0.3) is 0 Å². The first kappa shape index (κ1) is 11.3. The Morgan fingerprint density at radius 1 is 1.29 bits per heavy atom. The lowest BCUT2D eigenvalue weighted by atomic mass is 9.48. The molecular weight excluding hydrogens is 220 g/mol. The van der Waals surface area contributed by atoms with E-state index in [0.29, 0.717) is 11.8 Å². The monoisotopic (exact) mass is 240 g/mol. The Morgan fingerprint density at radius 3 is 2.47 bits per heavy atom. The van der Waals surface area contributed by atoms with E-state index in [1.807, 2.05) is 0 Å². The van der Waals surface area contributed by atoms with Crippen LogP contribution in [-0.4, -0.2) is 30.6 Å². The van der Waals surface area contributed by atoms with Gasteiger partial charge in [-0.2, -0.15) is 0 Å². The largest absolute Gasteiger partial charge is 0.508 e. The van der Waals surface area contributed by atoms with E-state index in [0.717, 1.165) is 32.1 Å². The van der Waals surface area contributed by atoms with Gasteiger partial charge >= 0.3 is 6.16 Å². The zero-order valence-corrected chi connectivity index (χ0v) is 10.3. The Bertz CT molecular complexity index is 324. The van der Waals surface area contributed by atoms with Crippen molar-refractivity contribution in [3.63, 3.8) is 0 Å². The fourth-order valence-electron chi connectivity index (χ4n) is 4.89. The zero-order chi connectivity index (χ0) is 12.1. The first-order valence-corrected chi connectivity index (χ1v) is 6.47. The van der Waals surface area contributed by atoms with Crippen molar-refractivity contribution in [2.75, 3.05) is 13.7 Å². The highest BCUT2D eigenvalue weighted by Crippen LogP contribution is 2.62. The van der Waals surface area contributed by atoms with Gasteiger partial charge in [0.2, 0.25) is 0 Å². The molecule has 0 heterocycles. The van der Waals surface area contributed by atoms with E-state index in [4.69, 9.17) is 4.74 Å². The highest BCUT2D eigenvalue weighted by molar-refractivity contribution is 5.60. The van der Waals surface area contributed by atoms with Crippen molar-refractivity contribution in [1.29, 1.82) is 0 Å². The molecule has 0 spiro atoms. The van der Waals surface area contributed by atoms with E-state index in [-0.39, 0.29) is 17.6 Å². The van der Waals surface area contributed by atoms with Gasteiger partial charge in [0.15, 0.2) is 0 Å². The molecule has 0 radical (unpaired) electrons. The molecule has 4 heteroatoms. The SMILES string of the molecule is COC(=O)OC12CC3CC(CC(CO)(C3)C1)C2. The zero-order valence-electron chi connectivity index (χ0n) is 10.3. The Balaban J connectivity index is 1.84. The molecule has 2 atom stereocenters. The minimum absolute atomic E-state index is 0.0120. The summed E-state index contributed by atoms with van der Waals surface area (Å²) in [4.78, 5) is 11.4. The van der Waals surface area contributed by atoms with Crippen LogP contribution in [0.5, 0.6) is 0 Å². The lowest BCUT2D eigenvalue weighted by Gasteiger charge is -2.60. The predicted molar refractivity (Wildman–Crippen MR) is 60.4 cm³/mol. The summed E-state index contributed by atoms with van der Waals surface area (Å²) in [5.74, 6) is 1.24. The van der Waals surface area contributed by atoms with Crippen molar-refractivity contribution in [1.82, 2.24) is 0 Å². The van der Waals surface area contributed by atoms with Crippen LogP contribution in [0.3, 0.4) is 0 Å². The fourth-order valence-corrected chi connectivity index (χ4v) is 4.89. The molecule has 0 aromatic carbocycles. The van der Waals surface area contributed by atoms with Crippen molar-refractivity contribution in [3.05, 3.63) is 0 Å². The first-order chi connectivity index (χ1) is 8.09. The van der Waals surface area contributed by atoms with Crippen molar-refractivity contribution in [3.8, 4) is 0 Å². The number of aliphatic hydroxyl groups excluding tert-OH is 1. The van der Waals surface area contributed by atoms with Crippen LogP contribution in [0, 0.1) is 17.3 Å². The molecule has 0 aromatic heterocycles. The highest BCUT2D eigenvalue weighted by Gasteiger charge is 2.59. The molecule has 17 heavy (non-hydrogen) atoms. The van der Waals surface area contributed by atoms with Crippen LogP contribution in [0.15, 0.2) is 0 Å². The fraction of sp³-hybridized carbons (Fsp3) is 0.923. The average molecular weight is 240 g/mol. The predicted octanol–water partition coefficient (Wildman–Crippen LogP) is 2.10. The molecule has 4 aliphatic rings. The Hall–Kier alpha value is -0.770. The van der Waals surface area contributed by atoms with Gasteiger partial charge in [0.1, 0.15) is 5.60 Å². The lowest BCUT2D eigenvalue weighted by molar-refractivity contribution is -0.183. The third-order valence-electron chi connectivity index (χ3n) is 4.93. The van der Waals surface area contributed by atoms with Gasteiger partial charge in [-0.05, 0) is 55.8 Å². The summed E-state index contributed by atoms with van der Waals surface area (Å²) < 4.78 is 10.2. The average Bonchev–Trinajstić information content (AvgIpc) is 2.26. The Kier molecular flexibility index (Phi) is 2.41. The molecule has 0 aliphatic heterocycles. The van der Waals surface area contributed by atoms with Crippen LogP contribution in [-0.2, 0) is 9.47 Å². The van der Waals surface area contributed by atoms with Crippen molar-refractivity contribution < 1.29 is 19.4 Å². The number of ether oxygens (including phenoxy) is 2. The van der Waals surface area contributed by atoms with Gasteiger partial charge in [-0.3, -0.25) is 0 Å².